The van der Waals surface area contributed by atoms with E-state index in [0.29, 0.717) is 18.0 Å². The summed E-state index contributed by atoms with van der Waals surface area (Å²) in [6.07, 6.45) is 0. The van der Waals surface area contributed by atoms with E-state index in [-0.39, 0.29) is 17.4 Å². The summed E-state index contributed by atoms with van der Waals surface area (Å²) >= 11 is 0. The van der Waals surface area contributed by atoms with Gasteiger partial charge in [0.2, 0.25) is 0 Å². The normalized spacial score (nSPS) is 11.2. The maximum Gasteiger partial charge on any atom is 0.261 e. The minimum absolute atomic E-state index is 0.110. The zero-order chi connectivity index (χ0) is 23.3. The molecule has 0 atom stereocenters. The van der Waals surface area contributed by atoms with Gasteiger partial charge in [0.15, 0.2) is 6.61 Å². The summed E-state index contributed by atoms with van der Waals surface area (Å²) < 4.78 is 33.4. The lowest BCUT2D eigenvalue weighted by molar-refractivity contribution is -0.123. The van der Waals surface area contributed by atoms with Crippen molar-refractivity contribution in [3.63, 3.8) is 0 Å². The zero-order valence-corrected chi connectivity index (χ0v) is 18.9. The smallest absolute Gasteiger partial charge is 0.261 e. The van der Waals surface area contributed by atoms with Crippen LogP contribution in [-0.2, 0) is 21.4 Å². The zero-order valence-electron chi connectivity index (χ0n) is 18.1. The van der Waals surface area contributed by atoms with E-state index in [2.05, 4.69) is 10.0 Å². The number of hydrogen-bond donors (Lipinski definition) is 2. The lowest BCUT2D eigenvalue weighted by atomic mass is 10.0. The van der Waals surface area contributed by atoms with Crippen molar-refractivity contribution >= 4 is 32.4 Å². The number of para-hydroxylation sites is 1. The Hall–Kier alpha value is -3.84. The van der Waals surface area contributed by atoms with E-state index in [1.807, 2.05) is 61.5 Å². The molecule has 0 heterocycles. The second-order valence-corrected chi connectivity index (χ2v) is 9.28. The molecule has 4 aromatic rings. The van der Waals surface area contributed by atoms with Crippen LogP contribution in [0.25, 0.3) is 10.8 Å². The number of carbonyl (C=O) groups excluding carboxylic acids is 1. The first-order valence-electron chi connectivity index (χ1n) is 10.5. The Bertz CT molecular complexity index is 1380. The fourth-order valence-corrected chi connectivity index (χ4v) is 4.58. The molecule has 0 aromatic heterocycles. The summed E-state index contributed by atoms with van der Waals surface area (Å²) in [5.74, 6) is 0.144. The second kappa shape index (κ2) is 9.75. The highest BCUT2D eigenvalue weighted by molar-refractivity contribution is 7.92. The van der Waals surface area contributed by atoms with Crippen molar-refractivity contribution in [1.82, 2.24) is 5.32 Å². The first-order valence-corrected chi connectivity index (χ1v) is 12.0. The van der Waals surface area contributed by atoms with Crippen LogP contribution in [0.4, 0.5) is 5.69 Å². The van der Waals surface area contributed by atoms with Gasteiger partial charge in [-0.15, -0.1) is 0 Å². The molecule has 0 bridgehead atoms. The molecule has 4 aromatic carbocycles. The van der Waals surface area contributed by atoms with Crippen molar-refractivity contribution in [3.8, 4) is 5.75 Å². The van der Waals surface area contributed by atoms with Crippen LogP contribution in [-0.4, -0.2) is 20.9 Å². The maximum atomic E-state index is 12.6. The molecule has 4 rings (SSSR count). The van der Waals surface area contributed by atoms with Crippen molar-refractivity contribution in [1.29, 1.82) is 0 Å². The molecular weight excluding hydrogens is 436 g/mol. The van der Waals surface area contributed by atoms with E-state index in [0.717, 1.165) is 21.9 Å². The molecule has 168 valence electrons. The lowest BCUT2D eigenvalue weighted by Crippen LogP contribution is -2.28. The highest BCUT2D eigenvalue weighted by Gasteiger charge is 2.15. The van der Waals surface area contributed by atoms with Gasteiger partial charge in [-0.3, -0.25) is 9.52 Å². The Balaban J connectivity index is 1.32. The minimum atomic E-state index is -3.73. The number of hydrogen-bond acceptors (Lipinski definition) is 4. The summed E-state index contributed by atoms with van der Waals surface area (Å²) in [6, 6.07) is 27.1. The number of fused-ring (bicyclic) bond motifs is 1. The van der Waals surface area contributed by atoms with Gasteiger partial charge in [0.25, 0.3) is 15.9 Å². The predicted octanol–water partition coefficient (Wildman–Crippen LogP) is 4.64. The van der Waals surface area contributed by atoms with Crippen LogP contribution in [0.2, 0.25) is 0 Å². The van der Waals surface area contributed by atoms with Gasteiger partial charge in [0.05, 0.1) is 10.6 Å². The van der Waals surface area contributed by atoms with Crippen LogP contribution < -0.4 is 14.8 Å². The fraction of sp³-hybridized carbons (Fsp3) is 0.115. The highest BCUT2D eigenvalue weighted by Crippen LogP contribution is 2.21. The summed E-state index contributed by atoms with van der Waals surface area (Å²) in [6.45, 7) is 2.06. The molecule has 0 aliphatic carbocycles. The van der Waals surface area contributed by atoms with E-state index in [1.54, 1.807) is 12.1 Å². The van der Waals surface area contributed by atoms with Crippen LogP contribution in [0.1, 0.15) is 11.1 Å². The highest BCUT2D eigenvalue weighted by atomic mass is 32.2. The van der Waals surface area contributed by atoms with Crippen molar-refractivity contribution < 1.29 is 17.9 Å². The predicted molar refractivity (Wildman–Crippen MR) is 130 cm³/mol. The Morgan fingerprint density at radius 3 is 2.33 bits per heavy atom. The van der Waals surface area contributed by atoms with Gasteiger partial charge in [-0.25, -0.2) is 8.42 Å². The number of anilines is 1. The van der Waals surface area contributed by atoms with Crippen molar-refractivity contribution in [2.75, 3.05) is 11.3 Å². The molecule has 7 heteroatoms. The first-order chi connectivity index (χ1) is 15.9. The van der Waals surface area contributed by atoms with Gasteiger partial charge in [-0.05, 0) is 59.2 Å². The standard InChI is InChI=1S/C26H24N2O4S/c1-19-7-2-5-12-25(19)28-33(30,31)23-15-13-22(14-16-23)32-18-26(29)27-17-21-10-6-9-20-8-3-4-11-24(20)21/h2-16,28H,17-18H2,1H3,(H,27,29). The molecule has 0 saturated carbocycles. The Morgan fingerprint density at radius 2 is 1.55 bits per heavy atom. The number of nitrogens with one attached hydrogen (secondary N) is 2. The van der Waals surface area contributed by atoms with Crippen LogP contribution in [0.15, 0.2) is 95.9 Å². The maximum absolute atomic E-state index is 12.6. The fourth-order valence-electron chi connectivity index (χ4n) is 3.45. The summed E-state index contributed by atoms with van der Waals surface area (Å²) in [4.78, 5) is 12.4. The third-order valence-corrected chi connectivity index (χ3v) is 6.63. The van der Waals surface area contributed by atoms with Crippen molar-refractivity contribution in [2.45, 2.75) is 18.4 Å². The molecule has 33 heavy (non-hydrogen) atoms. The summed E-state index contributed by atoms with van der Waals surface area (Å²) in [5, 5.41) is 5.07. The van der Waals surface area contributed by atoms with Crippen molar-refractivity contribution in [3.05, 3.63) is 102 Å². The van der Waals surface area contributed by atoms with Crippen LogP contribution in [0.3, 0.4) is 0 Å². The van der Waals surface area contributed by atoms with E-state index in [4.69, 9.17) is 4.74 Å². The quantitative estimate of drug-likeness (QED) is 0.401. The number of sulfonamides is 1. The van der Waals surface area contributed by atoms with Crippen LogP contribution in [0.5, 0.6) is 5.75 Å². The molecule has 0 aliphatic heterocycles. The molecule has 0 fully saturated rings. The minimum Gasteiger partial charge on any atom is -0.484 e. The van der Waals surface area contributed by atoms with Gasteiger partial charge in [-0.2, -0.15) is 0 Å². The number of ether oxygens (including phenoxy) is 1. The third kappa shape index (κ3) is 5.51. The van der Waals surface area contributed by atoms with Gasteiger partial charge in [0, 0.05) is 6.54 Å². The summed E-state index contributed by atoms with van der Waals surface area (Å²) in [5.41, 5.74) is 2.38. The molecule has 0 unspecified atom stereocenters. The first kappa shape index (κ1) is 22.4. The largest absolute Gasteiger partial charge is 0.484 e. The third-order valence-electron chi connectivity index (χ3n) is 5.25. The van der Waals surface area contributed by atoms with Gasteiger partial charge in [0.1, 0.15) is 5.75 Å². The molecule has 1 amide bonds. The number of rotatable bonds is 8. The molecule has 2 N–H and O–H groups in total. The number of carbonyl (C=O) groups is 1. The lowest BCUT2D eigenvalue weighted by Gasteiger charge is -2.12. The van der Waals surface area contributed by atoms with E-state index in [9.17, 15) is 13.2 Å². The van der Waals surface area contributed by atoms with Crippen LogP contribution >= 0.6 is 0 Å². The van der Waals surface area contributed by atoms with Gasteiger partial charge < -0.3 is 10.1 Å². The van der Waals surface area contributed by atoms with Gasteiger partial charge >= 0.3 is 0 Å². The van der Waals surface area contributed by atoms with E-state index < -0.39 is 10.0 Å². The van der Waals surface area contributed by atoms with E-state index >= 15 is 0 Å². The Morgan fingerprint density at radius 1 is 0.848 bits per heavy atom. The monoisotopic (exact) mass is 460 g/mol. The molecule has 0 radical (unpaired) electrons. The van der Waals surface area contributed by atoms with E-state index in [1.165, 1.54) is 24.3 Å². The topological polar surface area (TPSA) is 84.5 Å². The number of benzene rings is 4. The number of aryl methyl sites for hydroxylation is 1. The molecule has 0 saturated heterocycles. The molecule has 0 aliphatic rings. The average Bonchev–Trinajstić information content (AvgIpc) is 2.83. The molecular formula is C26H24N2O4S. The number of amides is 1. The Labute approximate surface area is 193 Å². The Kier molecular flexibility index (Phi) is 6.60. The SMILES string of the molecule is Cc1ccccc1NS(=O)(=O)c1ccc(OCC(=O)NCc2cccc3ccccc23)cc1. The summed E-state index contributed by atoms with van der Waals surface area (Å²) in [7, 11) is -3.73. The average molecular weight is 461 g/mol. The molecule has 6 nitrogen and oxygen atoms in total. The van der Waals surface area contributed by atoms with Crippen molar-refractivity contribution in [2.24, 2.45) is 0 Å². The second-order valence-electron chi connectivity index (χ2n) is 7.60. The van der Waals surface area contributed by atoms with Crippen LogP contribution in [0, 0.1) is 6.92 Å². The van der Waals surface area contributed by atoms with Gasteiger partial charge in [-0.1, -0.05) is 60.7 Å². The molecule has 0 spiro atoms.